The zero-order chi connectivity index (χ0) is 6.50. The first-order valence-electron chi connectivity index (χ1n) is 1.01. The van der Waals surface area contributed by atoms with E-state index in [9.17, 15) is 0 Å². The molecule has 0 unspecified atom stereocenters. The quantitative estimate of drug-likeness (QED) is 0.321. The maximum atomic E-state index is 8.74. The molecular weight excluding hydrogens is 177 g/mol. The molecule has 0 atom stereocenters. The maximum absolute atomic E-state index is 8.74. The summed E-state index contributed by atoms with van der Waals surface area (Å²) < 4.78 is 38.7. The van der Waals surface area contributed by atoms with E-state index in [0.717, 1.165) is 0 Å². The zero-order valence-corrected chi connectivity index (χ0v) is 7.06. The summed E-state index contributed by atoms with van der Waals surface area (Å²) in [6, 6.07) is 0. The van der Waals surface area contributed by atoms with Crippen LogP contribution in [0, 0.1) is 0 Å². The molecule has 0 aliphatic carbocycles. The van der Waals surface area contributed by atoms with E-state index in [0.29, 0.717) is 18.7 Å². The van der Waals surface area contributed by atoms with Crippen LogP contribution in [0.25, 0.3) is 0 Å². The van der Waals surface area contributed by atoms with E-state index in [4.69, 9.17) is 21.5 Å². The fraction of sp³-hybridized carbons (Fsp3) is 0. The van der Waals surface area contributed by atoms with Gasteiger partial charge in [0.2, 0.25) is 0 Å². The van der Waals surface area contributed by atoms with E-state index in [2.05, 4.69) is 0 Å². The molecule has 41 valence electrons. The van der Waals surface area contributed by atoms with E-state index in [1.807, 2.05) is 0 Å². The SMILES string of the molecule is O=S(=O)(O)O.[OH][Zn]. The van der Waals surface area contributed by atoms with Crippen molar-refractivity contribution in [1.29, 1.82) is 0 Å². The van der Waals surface area contributed by atoms with E-state index >= 15 is 0 Å². The van der Waals surface area contributed by atoms with Gasteiger partial charge in [-0.05, 0) is 0 Å². The molecule has 5 nitrogen and oxygen atoms in total. The number of hydrogen-bond acceptors (Lipinski definition) is 3. The molecule has 0 aromatic heterocycles. The molecule has 7 heteroatoms. The first-order chi connectivity index (χ1) is 3.00. The van der Waals surface area contributed by atoms with Crippen LogP contribution in [0.1, 0.15) is 0 Å². The predicted octanol–water partition coefficient (Wildman–Crippen LogP) is -1.21. The van der Waals surface area contributed by atoms with Crippen molar-refractivity contribution in [1.82, 2.24) is 0 Å². The average molecular weight is 180 g/mol. The molecule has 0 saturated carbocycles. The van der Waals surface area contributed by atoms with Crippen LogP contribution in [-0.2, 0) is 29.1 Å². The summed E-state index contributed by atoms with van der Waals surface area (Å²) in [5, 5.41) is 0. The Morgan fingerprint density at radius 1 is 1.14 bits per heavy atom. The van der Waals surface area contributed by atoms with Crippen LogP contribution in [-0.4, -0.2) is 21.5 Å². The van der Waals surface area contributed by atoms with E-state index in [1.165, 1.54) is 0 Å². The van der Waals surface area contributed by atoms with Crippen molar-refractivity contribution < 1.29 is 40.1 Å². The summed E-state index contributed by atoms with van der Waals surface area (Å²) in [5.41, 5.74) is 0. The Balaban J connectivity index is 0. The molecule has 0 radical (unpaired) electrons. The van der Waals surface area contributed by atoms with Gasteiger partial charge in [0.25, 0.3) is 0 Å². The van der Waals surface area contributed by atoms with Gasteiger partial charge in [-0.3, -0.25) is 9.11 Å². The number of rotatable bonds is 0. The summed E-state index contributed by atoms with van der Waals surface area (Å²) in [4.78, 5) is 0. The van der Waals surface area contributed by atoms with Gasteiger partial charge in [-0.2, -0.15) is 8.42 Å². The van der Waals surface area contributed by atoms with Crippen molar-refractivity contribution in [3.05, 3.63) is 0 Å². The van der Waals surface area contributed by atoms with Gasteiger partial charge in [-0.25, -0.2) is 0 Å². The zero-order valence-electron chi connectivity index (χ0n) is 3.27. The molecule has 0 rings (SSSR count). The third kappa shape index (κ3) is 623. The minimum atomic E-state index is -4.67. The molecular formula is H3O5SZn. The van der Waals surface area contributed by atoms with Crippen molar-refractivity contribution in [3.8, 4) is 0 Å². The van der Waals surface area contributed by atoms with Crippen molar-refractivity contribution in [3.63, 3.8) is 0 Å². The Morgan fingerprint density at radius 3 is 1.14 bits per heavy atom. The van der Waals surface area contributed by atoms with E-state index < -0.39 is 10.4 Å². The first-order valence-corrected chi connectivity index (χ1v) is 3.74. The third-order valence-corrected chi connectivity index (χ3v) is 0. The molecule has 0 aliphatic rings. The van der Waals surface area contributed by atoms with Crippen molar-refractivity contribution in [2.75, 3.05) is 0 Å². The Labute approximate surface area is 51.0 Å². The second-order valence-electron chi connectivity index (χ2n) is 0.448. The molecule has 0 spiro atoms. The van der Waals surface area contributed by atoms with Crippen LogP contribution >= 0.6 is 0 Å². The summed E-state index contributed by atoms with van der Waals surface area (Å²) >= 11 is 0.375. The monoisotopic (exact) mass is 179 g/mol. The Bertz CT molecular complexity index is 91.2. The van der Waals surface area contributed by atoms with Crippen LogP contribution in [0.5, 0.6) is 0 Å². The molecule has 0 saturated heterocycles. The molecule has 0 bridgehead atoms. The van der Waals surface area contributed by atoms with E-state index in [-0.39, 0.29) is 0 Å². The molecule has 0 aromatic carbocycles. The standard InChI is InChI=1S/H2O4S.H2O.Zn/c1-5(2,3)4;;/h(H2,1,2,3,4);1H2;/q;;+1/p-1. The molecule has 0 fully saturated rings. The van der Waals surface area contributed by atoms with Gasteiger partial charge in [0, 0.05) is 0 Å². The second-order valence-corrected chi connectivity index (χ2v) is 1.34. The van der Waals surface area contributed by atoms with Gasteiger partial charge in [0.1, 0.15) is 0 Å². The van der Waals surface area contributed by atoms with Crippen molar-refractivity contribution in [2.45, 2.75) is 0 Å². The van der Waals surface area contributed by atoms with Crippen LogP contribution in [0.15, 0.2) is 0 Å². The third-order valence-electron chi connectivity index (χ3n) is 0. The summed E-state index contributed by atoms with van der Waals surface area (Å²) in [5.74, 6) is 0. The normalized spacial score (nSPS) is 9.29. The Hall–Kier alpha value is 0.453. The van der Waals surface area contributed by atoms with Gasteiger partial charge < -0.3 is 0 Å². The average Bonchev–Trinajstić information content (AvgIpc) is 1.36. The fourth-order valence-corrected chi connectivity index (χ4v) is 0. The van der Waals surface area contributed by atoms with Crippen molar-refractivity contribution >= 4 is 10.4 Å². The molecule has 0 heterocycles. The van der Waals surface area contributed by atoms with Crippen LogP contribution in [0.2, 0.25) is 0 Å². The molecule has 0 aromatic rings. The Kier molecular flexibility index (Phi) is 6.87. The summed E-state index contributed by atoms with van der Waals surface area (Å²) in [6.07, 6.45) is 0. The Morgan fingerprint density at radius 2 is 1.14 bits per heavy atom. The molecule has 7 heavy (non-hydrogen) atoms. The predicted molar refractivity (Wildman–Crippen MR) is 16.4 cm³/mol. The second kappa shape index (κ2) is 4.61. The topological polar surface area (TPSA) is 94.8 Å². The summed E-state index contributed by atoms with van der Waals surface area (Å²) in [6.45, 7) is 0. The summed E-state index contributed by atoms with van der Waals surface area (Å²) in [7, 11) is -4.67. The minimum absolute atomic E-state index is 0.375. The first kappa shape index (κ1) is 10.4. The van der Waals surface area contributed by atoms with Gasteiger partial charge in [0.15, 0.2) is 0 Å². The van der Waals surface area contributed by atoms with Crippen LogP contribution in [0.4, 0.5) is 0 Å². The number of hydrogen-bond donors (Lipinski definition) is 3. The van der Waals surface area contributed by atoms with Crippen LogP contribution < -0.4 is 0 Å². The molecule has 0 amide bonds. The van der Waals surface area contributed by atoms with Gasteiger partial charge in [-0.15, -0.1) is 0 Å². The van der Waals surface area contributed by atoms with Gasteiger partial charge in [-0.1, -0.05) is 0 Å². The molecule has 3 N–H and O–H groups in total. The van der Waals surface area contributed by atoms with Crippen LogP contribution in [0.3, 0.4) is 0 Å². The van der Waals surface area contributed by atoms with E-state index in [1.54, 1.807) is 0 Å². The fourth-order valence-electron chi connectivity index (χ4n) is 0. The van der Waals surface area contributed by atoms with Gasteiger partial charge in [0.05, 0.1) is 0 Å². The van der Waals surface area contributed by atoms with Crippen molar-refractivity contribution in [2.24, 2.45) is 0 Å². The van der Waals surface area contributed by atoms with Gasteiger partial charge >= 0.3 is 33.0 Å². The molecule has 0 aliphatic heterocycles.